The van der Waals surface area contributed by atoms with E-state index < -0.39 is 45.9 Å². The molecule has 0 bridgehead atoms. The third-order valence-electron chi connectivity index (χ3n) is 4.44. The minimum absolute atomic E-state index is 0.331. The van der Waals surface area contributed by atoms with Gasteiger partial charge in [0, 0.05) is 6.42 Å². The first-order valence-corrected chi connectivity index (χ1v) is 10.6. The number of carbonyl (C=O) groups is 1. The van der Waals surface area contributed by atoms with Crippen LogP contribution in [0.1, 0.15) is 31.4 Å². The molecule has 0 aromatic heterocycles. The second-order valence-corrected chi connectivity index (χ2v) is 9.27. The Morgan fingerprint density at radius 2 is 1.74 bits per heavy atom. The van der Waals surface area contributed by atoms with Gasteiger partial charge in [0.2, 0.25) is 0 Å². The molecule has 0 unspecified atom stereocenters. The van der Waals surface area contributed by atoms with Crippen LogP contribution >= 0.6 is 0 Å². The number of carbonyl (C=O) groups excluding carboxylic acids is 1. The van der Waals surface area contributed by atoms with Gasteiger partial charge in [-0.25, -0.2) is 0 Å². The molecule has 0 saturated carbocycles. The van der Waals surface area contributed by atoms with E-state index in [4.69, 9.17) is 4.55 Å². The number of hydrogen-bond acceptors (Lipinski definition) is 5. The zero-order valence-corrected chi connectivity index (χ0v) is 17.6. The monoisotopic (exact) mass is 466 g/mol. The standard InChI is InChI=1S/C20H22F4O6S/c1-18(2,26)12-13-6-7-16-14(10-13)4-3-5-15(16)11-17(25)30-9-8-19(21,22)20(23,24)31(27,28)29/h3-7,10,26H,8-9,11-12H2,1-2H3,(H,27,28,29). The predicted octanol–water partition coefficient (Wildman–Crippen LogP) is 3.74. The third-order valence-corrected chi connectivity index (χ3v) is 5.38. The van der Waals surface area contributed by atoms with Crippen LogP contribution in [0.3, 0.4) is 0 Å². The van der Waals surface area contributed by atoms with E-state index in [9.17, 15) is 35.9 Å². The van der Waals surface area contributed by atoms with Crippen LogP contribution in [0.5, 0.6) is 0 Å². The first kappa shape index (κ1) is 25.0. The lowest BCUT2D eigenvalue weighted by Crippen LogP contribution is -2.47. The average molecular weight is 466 g/mol. The molecule has 0 aliphatic heterocycles. The molecule has 11 heteroatoms. The molecule has 2 rings (SSSR count). The van der Waals surface area contributed by atoms with Crippen molar-refractivity contribution in [2.24, 2.45) is 0 Å². The molecular weight excluding hydrogens is 444 g/mol. The highest BCUT2D eigenvalue weighted by Gasteiger charge is 2.65. The van der Waals surface area contributed by atoms with E-state index in [1.54, 1.807) is 44.2 Å². The minimum atomic E-state index is -6.34. The Labute approximate surface area is 176 Å². The van der Waals surface area contributed by atoms with Crippen LogP contribution in [-0.2, 0) is 32.5 Å². The highest BCUT2D eigenvalue weighted by atomic mass is 32.2. The van der Waals surface area contributed by atoms with Gasteiger partial charge in [-0.05, 0) is 35.7 Å². The van der Waals surface area contributed by atoms with Crippen molar-refractivity contribution in [2.45, 2.75) is 49.9 Å². The van der Waals surface area contributed by atoms with Crippen molar-refractivity contribution >= 4 is 26.9 Å². The van der Waals surface area contributed by atoms with Crippen LogP contribution < -0.4 is 0 Å². The molecule has 172 valence electrons. The molecule has 2 aromatic carbocycles. The first-order chi connectivity index (χ1) is 14.0. The van der Waals surface area contributed by atoms with Gasteiger partial charge in [-0.15, -0.1) is 0 Å². The molecule has 0 aliphatic carbocycles. The number of benzene rings is 2. The summed E-state index contributed by atoms with van der Waals surface area (Å²) in [5, 5.41) is 5.69. The fourth-order valence-electron chi connectivity index (χ4n) is 3.00. The summed E-state index contributed by atoms with van der Waals surface area (Å²) in [5.74, 6) is -6.10. The van der Waals surface area contributed by atoms with Gasteiger partial charge in [0.25, 0.3) is 0 Å². The van der Waals surface area contributed by atoms with Crippen molar-refractivity contribution in [3.8, 4) is 0 Å². The summed E-state index contributed by atoms with van der Waals surface area (Å²) in [4.78, 5) is 12.0. The van der Waals surface area contributed by atoms with Gasteiger partial charge in [-0.2, -0.15) is 26.0 Å². The highest BCUT2D eigenvalue weighted by molar-refractivity contribution is 7.87. The molecule has 2 N–H and O–H groups in total. The van der Waals surface area contributed by atoms with Crippen molar-refractivity contribution in [1.82, 2.24) is 0 Å². The van der Waals surface area contributed by atoms with Crippen LogP contribution in [0, 0.1) is 0 Å². The van der Waals surface area contributed by atoms with Gasteiger partial charge < -0.3 is 9.84 Å². The third kappa shape index (κ3) is 6.14. The number of fused-ring (bicyclic) bond motifs is 1. The van der Waals surface area contributed by atoms with E-state index >= 15 is 0 Å². The summed E-state index contributed by atoms with van der Waals surface area (Å²) in [6.45, 7) is 2.16. The van der Waals surface area contributed by atoms with Crippen LogP contribution in [0.2, 0.25) is 0 Å². The fraction of sp³-hybridized carbons (Fsp3) is 0.450. The normalized spacial score (nSPS) is 13.4. The summed E-state index contributed by atoms with van der Waals surface area (Å²) in [6, 6.07) is 10.4. The Hall–Kier alpha value is -2.24. The van der Waals surface area contributed by atoms with E-state index in [0.717, 1.165) is 10.9 Å². The van der Waals surface area contributed by atoms with Crippen molar-refractivity contribution in [3.05, 3.63) is 47.5 Å². The molecule has 31 heavy (non-hydrogen) atoms. The summed E-state index contributed by atoms with van der Waals surface area (Å²) < 4.78 is 87.0. The van der Waals surface area contributed by atoms with Gasteiger partial charge in [0.15, 0.2) is 0 Å². The lowest BCUT2D eigenvalue weighted by Gasteiger charge is -2.23. The molecule has 0 spiro atoms. The van der Waals surface area contributed by atoms with Gasteiger partial charge >= 0.3 is 27.3 Å². The lowest BCUT2D eigenvalue weighted by atomic mass is 9.94. The molecule has 0 atom stereocenters. The maximum atomic E-state index is 13.4. The van der Waals surface area contributed by atoms with E-state index in [2.05, 4.69) is 4.74 Å². The number of halogens is 4. The number of esters is 1. The number of ether oxygens (including phenoxy) is 1. The topological polar surface area (TPSA) is 101 Å². The van der Waals surface area contributed by atoms with Crippen LogP contribution in [-0.4, -0.2) is 47.4 Å². The summed E-state index contributed by atoms with van der Waals surface area (Å²) in [7, 11) is -6.34. The Morgan fingerprint density at radius 3 is 2.32 bits per heavy atom. The Kier molecular flexibility index (Phi) is 7.03. The number of hydrogen-bond donors (Lipinski definition) is 2. The number of alkyl halides is 4. The minimum Gasteiger partial charge on any atom is -0.465 e. The number of rotatable bonds is 9. The molecule has 0 amide bonds. The Balaban J connectivity index is 2.06. The van der Waals surface area contributed by atoms with Crippen molar-refractivity contribution in [2.75, 3.05) is 6.61 Å². The highest BCUT2D eigenvalue weighted by Crippen LogP contribution is 2.40. The Morgan fingerprint density at radius 1 is 1.10 bits per heavy atom. The van der Waals surface area contributed by atoms with Gasteiger partial charge in [0.1, 0.15) is 0 Å². The van der Waals surface area contributed by atoms with Gasteiger partial charge in [0.05, 0.1) is 25.0 Å². The van der Waals surface area contributed by atoms with Crippen molar-refractivity contribution in [3.63, 3.8) is 0 Å². The van der Waals surface area contributed by atoms with Crippen molar-refractivity contribution in [1.29, 1.82) is 0 Å². The molecule has 2 aromatic rings. The summed E-state index contributed by atoms with van der Waals surface area (Å²) in [6.07, 6.45) is -1.72. The van der Waals surface area contributed by atoms with E-state index in [-0.39, 0.29) is 6.42 Å². The fourth-order valence-corrected chi connectivity index (χ4v) is 3.48. The molecule has 6 nitrogen and oxygen atoms in total. The second kappa shape index (κ2) is 8.71. The molecule has 0 fully saturated rings. The largest absolute Gasteiger partial charge is 0.465 e. The Bertz CT molecular complexity index is 1060. The van der Waals surface area contributed by atoms with Gasteiger partial charge in [-0.3, -0.25) is 9.35 Å². The zero-order valence-electron chi connectivity index (χ0n) is 16.7. The maximum Gasteiger partial charge on any atom is 0.431 e. The summed E-state index contributed by atoms with van der Waals surface area (Å²) in [5.41, 5.74) is 0.456. The second-order valence-electron chi connectivity index (χ2n) is 7.81. The molecular formula is C20H22F4O6S. The molecule has 0 saturated heterocycles. The zero-order chi connectivity index (χ0) is 23.7. The maximum absolute atomic E-state index is 13.4. The predicted molar refractivity (Wildman–Crippen MR) is 105 cm³/mol. The molecule has 0 radical (unpaired) electrons. The van der Waals surface area contributed by atoms with Crippen LogP contribution in [0.25, 0.3) is 10.8 Å². The van der Waals surface area contributed by atoms with Gasteiger partial charge in [-0.1, -0.05) is 36.4 Å². The quantitative estimate of drug-likeness (QED) is 0.332. The van der Waals surface area contributed by atoms with E-state index in [0.29, 0.717) is 17.4 Å². The van der Waals surface area contributed by atoms with Crippen molar-refractivity contribution < 1.29 is 45.2 Å². The first-order valence-electron chi connectivity index (χ1n) is 9.15. The summed E-state index contributed by atoms with van der Waals surface area (Å²) >= 11 is 0. The lowest BCUT2D eigenvalue weighted by molar-refractivity contribution is -0.174. The van der Waals surface area contributed by atoms with Crippen LogP contribution in [0.15, 0.2) is 36.4 Å². The SMILES string of the molecule is CC(C)(O)Cc1ccc2c(CC(=O)OCCC(F)(F)C(F)(F)S(=O)(=O)O)cccc2c1. The molecule has 0 heterocycles. The van der Waals surface area contributed by atoms with E-state index in [1.165, 1.54) is 0 Å². The average Bonchev–Trinajstić information content (AvgIpc) is 2.59. The molecule has 0 aliphatic rings. The number of aliphatic hydroxyl groups is 1. The smallest absolute Gasteiger partial charge is 0.431 e. The van der Waals surface area contributed by atoms with E-state index in [1.807, 2.05) is 6.07 Å². The van der Waals surface area contributed by atoms with Crippen LogP contribution in [0.4, 0.5) is 17.6 Å².